The van der Waals surface area contributed by atoms with Gasteiger partial charge in [0.2, 0.25) is 5.91 Å². The first kappa shape index (κ1) is 19.6. The van der Waals surface area contributed by atoms with Crippen LogP contribution in [0, 0.1) is 17.0 Å². The zero-order chi connectivity index (χ0) is 21.6. The zero-order valence-electron chi connectivity index (χ0n) is 16.7. The Morgan fingerprint density at radius 1 is 1.13 bits per heavy atom. The second kappa shape index (κ2) is 7.40. The number of halogens is 2. The minimum Gasteiger partial charge on any atom is -0.349 e. The van der Waals surface area contributed by atoms with Gasteiger partial charge >= 0.3 is 0 Å². The Morgan fingerprint density at radius 2 is 1.87 bits per heavy atom. The molecule has 1 saturated heterocycles. The molecule has 1 saturated carbocycles. The molecule has 2 aromatic heterocycles. The largest absolute Gasteiger partial charge is 0.349 e. The van der Waals surface area contributed by atoms with E-state index in [1.807, 2.05) is 0 Å². The van der Waals surface area contributed by atoms with Crippen LogP contribution in [0.3, 0.4) is 0 Å². The highest BCUT2D eigenvalue weighted by molar-refractivity contribution is 6.00. The first-order chi connectivity index (χ1) is 14.9. The summed E-state index contributed by atoms with van der Waals surface area (Å²) < 4.78 is 28.7. The number of amides is 2. The molecule has 1 aliphatic carbocycles. The summed E-state index contributed by atoms with van der Waals surface area (Å²) in [6, 6.07) is 4.87. The lowest BCUT2D eigenvalue weighted by molar-refractivity contribution is -0.127. The molecule has 160 valence electrons. The summed E-state index contributed by atoms with van der Waals surface area (Å²) >= 11 is 0. The summed E-state index contributed by atoms with van der Waals surface area (Å²) in [6.07, 6.45) is 8.05. The minimum absolute atomic E-state index is 0.0507. The van der Waals surface area contributed by atoms with Gasteiger partial charge in [-0.05, 0) is 50.3 Å². The van der Waals surface area contributed by atoms with Gasteiger partial charge in [0.1, 0.15) is 17.2 Å². The van der Waals surface area contributed by atoms with Gasteiger partial charge in [0.15, 0.2) is 5.65 Å². The SMILES string of the molecule is O=C(NC1CCC2(CC1)CCN(c1cc(F)cc(F)c1)C2=O)c1cnn2cccnc12. The molecule has 31 heavy (non-hydrogen) atoms. The average molecular weight is 425 g/mol. The van der Waals surface area contributed by atoms with Crippen molar-refractivity contribution in [1.29, 1.82) is 0 Å². The van der Waals surface area contributed by atoms with Gasteiger partial charge in [-0.25, -0.2) is 18.3 Å². The summed E-state index contributed by atoms with van der Waals surface area (Å²) in [5.74, 6) is -1.71. The van der Waals surface area contributed by atoms with E-state index in [1.54, 1.807) is 23.0 Å². The van der Waals surface area contributed by atoms with Crippen LogP contribution in [0.25, 0.3) is 5.65 Å². The van der Waals surface area contributed by atoms with Crippen LogP contribution in [0.1, 0.15) is 42.5 Å². The van der Waals surface area contributed by atoms with Gasteiger partial charge in [-0.3, -0.25) is 9.59 Å². The fourth-order valence-electron chi connectivity index (χ4n) is 4.79. The molecule has 0 radical (unpaired) electrons. The maximum Gasteiger partial charge on any atom is 0.256 e. The number of hydrogen-bond donors (Lipinski definition) is 1. The van der Waals surface area contributed by atoms with Crippen LogP contribution in [0.4, 0.5) is 14.5 Å². The molecule has 5 rings (SSSR count). The van der Waals surface area contributed by atoms with Crippen LogP contribution >= 0.6 is 0 Å². The number of aromatic nitrogens is 3. The van der Waals surface area contributed by atoms with Gasteiger partial charge < -0.3 is 10.2 Å². The van der Waals surface area contributed by atoms with E-state index in [0.717, 1.165) is 6.07 Å². The number of rotatable bonds is 3. The van der Waals surface area contributed by atoms with Gasteiger partial charge in [-0.2, -0.15) is 5.10 Å². The van der Waals surface area contributed by atoms with E-state index in [2.05, 4.69) is 15.4 Å². The Labute approximate surface area is 177 Å². The number of anilines is 1. The molecular weight excluding hydrogens is 404 g/mol. The minimum atomic E-state index is -0.697. The molecule has 3 heterocycles. The molecule has 1 aromatic carbocycles. The molecule has 0 unspecified atom stereocenters. The number of nitrogens with one attached hydrogen (secondary N) is 1. The quantitative estimate of drug-likeness (QED) is 0.699. The smallest absolute Gasteiger partial charge is 0.256 e. The van der Waals surface area contributed by atoms with Crippen LogP contribution in [0.2, 0.25) is 0 Å². The average Bonchev–Trinajstić information content (AvgIpc) is 3.31. The van der Waals surface area contributed by atoms with Crippen molar-refractivity contribution in [3.63, 3.8) is 0 Å². The van der Waals surface area contributed by atoms with Crippen LogP contribution in [0.15, 0.2) is 42.9 Å². The molecule has 0 atom stereocenters. The normalized spacial score (nSPS) is 23.6. The number of nitrogens with zero attached hydrogens (tertiary/aromatic N) is 4. The van der Waals surface area contributed by atoms with Crippen molar-refractivity contribution in [2.75, 3.05) is 11.4 Å². The Bertz CT molecular complexity index is 1150. The highest BCUT2D eigenvalue weighted by Crippen LogP contribution is 2.46. The number of benzene rings is 1. The van der Waals surface area contributed by atoms with Crippen LogP contribution in [-0.4, -0.2) is 39.0 Å². The Kier molecular flexibility index (Phi) is 4.68. The third-order valence-corrected chi connectivity index (χ3v) is 6.47. The summed E-state index contributed by atoms with van der Waals surface area (Å²) in [6.45, 7) is 0.437. The maximum absolute atomic E-state index is 13.6. The molecule has 1 spiro atoms. The summed E-state index contributed by atoms with van der Waals surface area (Å²) in [5, 5.41) is 7.18. The van der Waals surface area contributed by atoms with Crippen molar-refractivity contribution < 1.29 is 18.4 Å². The van der Waals surface area contributed by atoms with Crippen LogP contribution in [-0.2, 0) is 4.79 Å². The second-order valence-corrected chi connectivity index (χ2v) is 8.31. The van der Waals surface area contributed by atoms with E-state index in [9.17, 15) is 18.4 Å². The van der Waals surface area contributed by atoms with Gasteiger partial charge in [-0.1, -0.05) is 0 Å². The summed E-state index contributed by atoms with van der Waals surface area (Å²) in [5.41, 5.74) is 0.638. The predicted octanol–water partition coefficient (Wildman–Crippen LogP) is 3.10. The monoisotopic (exact) mass is 425 g/mol. The van der Waals surface area contributed by atoms with E-state index >= 15 is 0 Å². The third kappa shape index (κ3) is 3.43. The van der Waals surface area contributed by atoms with Crippen molar-refractivity contribution in [1.82, 2.24) is 19.9 Å². The first-order valence-electron chi connectivity index (χ1n) is 10.3. The fraction of sp³-hybridized carbons (Fsp3) is 0.364. The van der Waals surface area contributed by atoms with E-state index in [4.69, 9.17) is 0 Å². The Balaban J connectivity index is 1.25. The van der Waals surface area contributed by atoms with Crippen LogP contribution < -0.4 is 10.2 Å². The topological polar surface area (TPSA) is 79.6 Å². The molecule has 1 N–H and O–H groups in total. The highest BCUT2D eigenvalue weighted by Gasteiger charge is 2.49. The molecule has 2 fully saturated rings. The van der Waals surface area contributed by atoms with E-state index in [1.165, 1.54) is 23.2 Å². The fourth-order valence-corrected chi connectivity index (χ4v) is 4.79. The maximum atomic E-state index is 13.6. The van der Waals surface area contributed by atoms with E-state index in [0.29, 0.717) is 49.9 Å². The molecular formula is C22H21F2N5O2. The molecule has 2 aliphatic rings. The van der Waals surface area contributed by atoms with Gasteiger partial charge in [0.25, 0.3) is 5.91 Å². The zero-order valence-corrected chi connectivity index (χ0v) is 16.7. The standard InChI is InChI=1S/C22H21F2N5O2/c23-14-10-15(24)12-17(11-14)28-9-6-22(21(28)31)4-2-16(3-5-22)27-20(30)18-13-26-29-8-1-7-25-19(18)29/h1,7-8,10-13,16H,2-6,9H2,(H,27,30). The van der Waals surface area contributed by atoms with Gasteiger partial charge in [-0.15, -0.1) is 0 Å². The van der Waals surface area contributed by atoms with Crippen molar-refractivity contribution >= 4 is 23.1 Å². The molecule has 9 heteroatoms. The Hall–Kier alpha value is -3.36. The Morgan fingerprint density at radius 3 is 2.61 bits per heavy atom. The summed E-state index contributed by atoms with van der Waals surface area (Å²) in [7, 11) is 0. The lowest BCUT2D eigenvalue weighted by Crippen LogP contribution is -2.43. The van der Waals surface area contributed by atoms with Crippen molar-refractivity contribution in [2.24, 2.45) is 5.41 Å². The lowest BCUT2D eigenvalue weighted by Gasteiger charge is -2.36. The first-order valence-corrected chi connectivity index (χ1v) is 10.3. The molecule has 2 amide bonds. The van der Waals surface area contributed by atoms with E-state index < -0.39 is 17.0 Å². The number of hydrogen-bond acceptors (Lipinski definition) is 4. The predicted molar refractivity (Wildman–Crippen MR) is 108 cm³/mol. The van der Waals surface area contributed by atoms with Gasteiger partial charge in [0.05, 0.1) is 11.6 Å². The number of carbonyl (C=O) groups excluding carboxylic acids is 2. The molecule has 3 aromatic rings. The van der Waals surface area contributed by atoms with Gasteiger partial charge in [0, 0.05) is 36.7 Å². The molecule has 0 bridgehead atoms. The van der Waals surface area contributed by atoms with Crippen molar-refractivity contribution in [3.8, 4) is 0 Å². The third-order valence-electron chi connectivity index (χ3n) is 6.47. The summed E-state index contributed by atoms with van der Waals surface area (Å²) in [4.78, 5) is 31.5. The molecule has 1 aliphatic heterocycles. The molecule has 7 nitrogen and oxygen atoms in total. The van der Waals surface area contributed by atoms with Crippen LogP contribution in [0.5, 0.6) is 0 Å². The van der Waals surface area contributed by atoms with Crippen molar-refractivity contribution in [3.05, 3.63) is 60.1 Å². The van der Waals surface area contributed by atoms with Crippen molar-refractivity contribution in [2.45, 2.75) is 38.1 Å². The highest BCUT2D eigenvalue weighted by atomic mass is 19.1. The number of fused-ring (bicyclic) bond motifs is 1. The lowest BCUT2D eigenvalue weighted by atomic mass is 9.71. The second-order valence-electron chi connectivity index (χ2n) is 8.31. The number of carbonyl (C=O) groups is 2. The van der Waals surface area contributed by atoms with E-state index in [-0.39, 0.29) is 23.5 Å².